The number of hydrogen-bond acceptors (Lipinski definition) is 9. The Morgan fingerprint density at radius 3 is 2.67 bits per heavy atom. The highest BCUT2D eigenvalue weighted by Gasteiger charge is 2.30. The molecule has 1 amide bonds. The molecule has 11 heteroatoms. The molecule has 2 fully saturated rings. The average molecular weight is 611 g/mol. The molecular weight excluding hydrogens is 575 g/mol. The first-order valence-corrected chi connectivity index (χ1v) is 14.8. The lowest BCUT2D eigenvalue weighted by atomic mass is 9.98. The van der Waals surface area contributed by atoms with Gasteiger partial charge < -0.3 is 25.0 Å². The number of methoxy groups -OCH3 is 1. The molecule has 2 aliphatic heterocycles. The Morgan fingerprint density at radius 2 is 1.89 bits per heavy atom. The molecular formula is C34H35FN6O4. The van der Waals surface area contributed by atoms with Gasteiger partial charge in [-0.1, -0.05) is 36.9 Å². The number of halogens is 1. The predicted molar refractivity (Wildman–Crippen MR) is 172 cm³/mol. The highest BCUT2D eigenvalue weighted by atomic mass is 19.1. The first kappa shape index (κ1) is 30.0. The zero-order valence-electron chi connectivity index (χ0n) is 25.2. The number of carbonyl (C=O) groups is 1. The van der Waals surface area contributed by atoms with E-state index in [0.29, 0.717) is 55.1 Å². The van der Waals surface area contributed by atoms with Crippen molar-refractivity contribution in [3.8, 4) is 16.9 Å². The summed E-state index contributed by atoms with van der Waals surface area (Å²) in [6.07, 6.45) is 3.50. The molecule has 3 heterocycles. The van der Waals surface area contributed by atoms with Crippen LogP contribution >= 0.6 is 0 Å². The molecule has 1 aromatic heterocycles. The standard InChI is InChI=1S/C34H35FN6O4/c1-4-34(42)39-27-17-28(31(43-3)18-30(27)40-12-14-44-22(2)20-40)38-32-19-33(37-21-36-32)41-29(11-13-45-41)25-9-5-7-23(15-25)24-8-6-10-26(35)16-24/h4-10,15-19,21-22,29H,1,11-14,20H2,2-3H3,(H,39,42)(H,36,37,38)/t22-,29+/m0/s1. The van der Waals surface area contributed by atoms with Crippen LogP contribution in [0.25, 0.3) is 11.1 Å². The van der Waals surface area contributed by atoms with Crippen molar-refractivity contribution in [2.24, 2.45) is 0 Å². The number of aromatic nitrogens is 2. The molecule has 45 heavy (non-hydrogen) atoms. The minimum absolute atomic E-state index is 0.0467. The number of hydroxylamine groups is 1. The van der Waals surface area contributed by atoms with Gasteiger partial charge in [0.1, 0.15) is 23.7 Å². The van der Waals surface area contributed by atoms with Crippen LogP contribution in [0.4, 0.5) is 33.1 Å². The highest BCUT2D eigenvalue weighted by Crippen LogP contribution is 2.40. The maximum absolute atomic E-state index is 13.9. The van der Waals surface area contributed by atoms with E-state index in [1.165, 1.54) is 24.5 Å². The van der Waals surface area contributed by atoms with Crippen molar-refractivity contribution in [3.63, 3.8) is 0 Å². The number of rotatable bonds is 9. The minimum Gasteiger partial charge on any atom is -0.494 e. The molecule has 0 spiro atoms. The third-order valence-corrected chi connectivity index (χ3v) is 7.82. The van der Waals surface area contributed by atoms with Crippen LogP contribution < -0.4 is 25.3 Å². The van der Waals surface area contributed by atoms with E-state index in [1.54, 1.807) is 24.3 Å². The molecule has 0 aliphatic carbocycles. The fourth-order valence-corrected chi connectivity index (χ4v) is 5.68. The zero-order chi connectivity index (χ0) is 31.3. The van der Waals surface area contributed by atoms with E-state index in [0.717, 1.165) is 28.8 Å². The maximum atomic E-state index is 13.9. The third-order valence-electron chi connectivity index (χ3n) is 7.82. The monoisotopic (exact) mass is 610 g/mol. The second-order valence-electron chi connectivity index (χ2n) is 10.9. The molecule has 2 N–H and O–H groups in total. The molecule has 10 nitrogen and oxygen atoms in total. The molecule has 0 saturated carbocycles. The summed E-state index contributed by atoms with van der Waals surface area (Å²) in [6.45, 7) is 8.06. The van der Waals surface area contributed by atoms with Gasteiger partial charge in [-0.3, -0.25) is 9.63 Å². The lowest BCUT2D eigenvalue weighted by Gasteiger charge is -2.34. The number of hydrogen-bond donors (Lipinski definition) is 2. The topological polar surface area (TPSA) is 101 Å². The van der Waals surface area contributed by atoms with E-state index in [4.69, 9.17) is 14.3 Å². The van der Waals surface area contributed by atoms with Gasteiger partial charge in [-0.2, -0.15) is 0 Å². The van der Waals surface area contributed by atoms with Crippen molar-refractivity contribution in [3.05, 3.63) is 97.1 Å². The van der Waals surface area contributed by atoms with E-state index in [2.05, 4.69) is 38.1 Å². The summed E-state index contributed by atoms with van der Waals surface area (Å²) in [5.74, 6) is 1.06. The lowest BCUT2D eigenvalue weighted by Crippen LogP contribution is -2.41. The Bertz CT molecular complexity index is 1700. The molecule has 2 atom stereocenters. The molecule has 0 bridgehead atoms. The summed E-state index contributed by atoms with van der Waals surface area (Å²) < 4.78 is 25.4. The van der Waals surface area contributed by atoms with Crippen LogP contribution in [-0.4, -0.2) is 55.4 Å². The molecule has 0 radical (unpaired) electrons. The number of benzene rings is 3. The van der Waals surface area contributed by atoms with Crippen LogP contribution in [-0.2, 0) is 14.4 Å². The molecule has 4 aromatic rings. The Morgan fingerprint density at radius 1 is 1.07 bits per heavy atom. The lowest BCUT2D eigenvalue weighted by molar-refractivity contribution is -0.111. The van der Waals surface area contributed by atoms with Crippen molar-refractivity contribution in [1.29, 1.82) is 0 Å². The maximum Gasteiger partial charge on any atom is 0.247 e. The molecule has 6 rings (SSSR count). The highest BCUT2D eigenvalue weighted by molar-refractivity contribution is 6.02. The van der Waals surface area contributed by atoms with Gasteiger partial charge in [0, 0.05) is 31.6 Å². The molecule has 0 unspecified atom stereocenters. The summed E-state index contributed by atoms with van der Waals surface area (Å²) >= 11 is 0. The normalized spacial score (nSPS) is 18.0. The van der Waals surface area contributed by atoms with Crippen molar-refractivity contribution < 1.29 is 23.5 Å². The summed E-state index contributed by atoms with van der Waals surface area (Å²) in [6, 6.07) is 20.0. The summed E-state index contributed by atoms with van der Waals surface area (Å²) in [5.41, 5.74) is 4.79. The second-order valence-corrected chi connectivity index (χ2v) is 10.9. The molecule has 2 saturated heterocycles. The van der Waals surface area contributed by atoms with Gasteiger partial charge in [-0.25, -0.2) is 19.4 Å². The summed E-state index contributed by atoms with van der Waals surface area (Å²) in [7, 11) is 1.60. The van der Waals surface area contributed by atoms with Gasteiger partial charge in [0.15, 0.2) is 5.82 Å². The van der Waals surface area contributed by atoms with Crippen molar-refractivity contribution in [2.75, 3.05) is 54.0 Å². The third kappa shape index (κ3) is 6.74. The second kappa shape index (κ2) is 13.3. The van der Waals surface area contributed by atoms with Crippen LogP contribution in [0.2, 0.25) is 0 Å². The van der Waals surface area contributed by atoms with Crippen LogP contribution in [0.15, 0.2) is 85.7 Å². The van der Waals surface area contributed by atoms with Gasteiger partial charge in [0.25, 0.3) is 0 Å². The quantitative estimate of drug-likeness (QED) is 0.213. The Balaban J connectivity index is 1.28. The van der Waals surface area contributed by atoms with Crippen LogP contribution in [0.1, 0.15) is 24.9 Å². The van der Waals surface area contributed by atoms with E-state index >= 15 is 0 Å². The van der Waals surface area contributed by atoms with Gasteiger partial charge >= 0.3 is 0 Å². The fourth-order valence-electron chi connectivity index (χ4n) is 5.68. The predicted octanol–water partition coefficient (Wildman–Crippen LogP) is 6.27. The largest absolute Gasteiger partial charge is 0.494 e. The Kier molecular flexibility index (Phi) is 8.90. The number of nitrogens with one attached hydrogen (secondary N) is 2. The van der Waals surface area contributed by atoms with Gasteiger partial charge in [0.05, 0.1) is 49.5 Å². The summed E-state index contributed by atoms with van der Waals surface area (Å²) in [5, 5.41) is 8.05. The van der Waals surface area contributed by atoms with E-state index in [-0.39, 0.29) is 23.9 Å². The van der Waals surface area contributed by atoms with Crippen LogP contribution in [0.5, 0.6) is 5.75 Å². The van der Waals surface area contributed by atoms with Crippen LogP contribution in [0, 0.1) is 5.82 Å². The number of amides is 1. The van der Waals surface area contributed by atoms with Gasteiger partial charge in [0.2, 0.25) is 5.91 Å². The SMILES string of the molecule is C=CC(=O)Nc1cc(Nc2cc(N3OCC[C@@H]3c3cccc(-c4cccc(F)c4)c3)ncn2)c(OC)cc1N1CCO[C@@H](C)C1. The number of carbonyl (C=O) groups excluding carboxylic acids is 1. The van der Waals surface area contributed by atoms with Crippen LogP contribution in [0.3, 0.4) is 0 Å². The number of anilines is 5. The Labute approximate surface area is 261 Å². The fraction of sp³-hybridized carbons (Fsp3) is 0.265. The van der Waals surface area contributed by atoms with Crippen molar-refractivity contribution in [2.45, 2.75) is 25.5 Å². The summed E-state index contributed by atoms with van der Waals surface area (Å²) in [4.78, 5) is 29.5. The zero-order valence-corrected chi connectivity index (χ0v) is 25.2. The van der Waals surface area contributed by atoms with Gasteiger partial charge in [-0.05, 0) is 54.0 Å². The molecule has 2 aliphatic rings. The first-order valence-electron chi connectivity index (χ1n) is 14.8. The van der Waals surface area contributed by atoms with Gasteiger partial charge in [-0.15, -0.1) is 0 Å². The number of nitrogens with zero attached hydrogens (tertiary/aromatic N) is 4. The smallest absolute Gasteiger partial charge is 0.247 e. The molecule has 232 valence electrons. The number of ether oxygens (including phenoxy) is 2. The average Bonchev–Trinajstić information content (AvgIpc) is 3.55. The van der Waals surface area contributed by atoms with E-state index in [9.17, 15) is 9.18 Å². The molecule has 3 aromatic carbocycles. The van der Waals surface area contributed by atoms with E-state index in [1.807, 2.05) is 43.3 Å². The van der Waals surface area contributed by atoms with Crippen molar-refractivity contribution in [1.82, 2.24) is 9.97 Å². The van der Waals surface area contributed by atoms with E-state index < -0.39 is 0 Å². The minimum atomic E-state index is -0.323. The first-order chi connectivity index (χ1) is 21.9. The van der Waals surface area contributed by atoms with Crippen molar-refractivity contribution >= 4 is 34.6 Å². The Hall–Kier alpha value is -5.00. The number of morpholine rings is 1.